The highest BCUT2D eigenvalue weighted by molar-refractivity contribution is 6.30. The van der Waals surface area contributed by atoms with Crippen LogP contribution >= 0.6 is 24.0 Å². The number of benzene rings is 2. The fourth-order valence-electron chi connectivity index (χ4n) is 5.92. The van der Waals surface area contributed by atoms with Crippen LogP contribution < -0.4 is 4.90 Å². The lowest BCUT2D eigenvalue weighted by Crippen LogP contribution is -2.37. The molecule has 0 aliphatic carbocycles. The molecule has 2 aromatic carbocycles. The van der Waals surface area contributed by atoms with Crippen LogP contribution in [0.25, 0.3) is 10.9 Å². The van der Waals surface area contributed by atoms with E-state index in [0.717, 1.165) is 72.7 Å². The number of nitrogens with zero attached hydrogens (tertiary/aromatic N) is 4. The van der Waals surface area contributed by atoms with Crippen molar-refractivity contribution >= 4 is 46.6 Å². The summed E-state index contributed by atoms with van der Waals surface area (Å²) in [5.41, 5.74) is 7.94. The number of fused-ring (bicyclic) bond motifs is 2. The monoisotopic (exact) mass is 548 g/mol. The van der Waals surface area contributed by atoms with E-state index >= 15 is 0 Å². The summed E-state index contributed by atoms with van der Waals surface area (Å²) in [5.74, 6) is 0.963. The molecule has 4 aromatic rings. The first-order valence-corrected chi connectivity index (χ1v) is 13.7. The summed E-state index contributed by atoms with van der Waals surface area (Å²) in [4.78, 5) is 23.1. The molecule has 38 heavy (non-hydrogen) atoms. The van der Waals surface area contributed by atoms with Crippen molar-refractivity contribution in [1.29, 1.82) is 0 Å². The van der Waals surface area contributed by atoms with E-state index in [9.17, 15) is 4.79 Å². The van der Waals surface area contributed by atoms with Crippen molar-refractivity contribution < 1.29 is 4.79 Å². The number of aryl methyl sites for hydroxylation is 1. The van der Waals surface area contributed by atoms with Crippen molar-refractivity contribution in [2.24, 2.45) is 0 Å². The van der Waals surface area contributed by atoms with Crippen molar-refractivity contribution in [2.75, 3.05) is 24.5 Å². The van der Waals surface area contributed by atoms with Gasteiger partial charge in [-0.1, -0.05) is 48.0 Å². The largest absolute Gasteiger partial charge is 0.350 e. The van der Waals surface area contributed by atoms with Crippen LogP contribution in [0, 0.1) is 13.8 Å². The third-order valence-corrected chi connectivity index (χ3v) is 8.35. The molecule has 0 bridgehead atoms. The normalized spacial score (nSPS) is 15.3. The first-order valence-electron chi connectivity index (χ1n) is 13.4. The van der Waals surface area contributed by atoms with E-state index in [1.54, 1.807) is 0 Å². The zero-order valence-electron chi connectivity index (χ0n) is 22.0. The molecule has 2 aromatic heterocycles. The molecule has 4 heterocycles. The Balaban J connectivity index is 0.00000294. The Kier molecular flexibility index (Phi) is 7.69. The Morgan fingerprint density at radius 1 is 0.947 bits per heavy atom. The van der Waals surface area contributed by atoms with Gasteiger partial charge in [0.25, 0.3) is 5.91 Å². The van der Waals surface area contributed by atoms with Gasteiger partial charge >= 0.3 is 0 Å². The lowest BCUT2D eigenvalue weighted by atomic mass is 9.99. The maximum atomic E-state index is 13.6. The van der Waals surface area contributed by atoms with Gasteiger partial charge in [-0.25, -0.2) is 4.98 Å². The minimum Gasteiger partial charge on any atom is -0.350 e. The van der Waals surface area contributed by atoms with Gasteiger partial charge in [-0.2, -0.15) is 0 Å². The second-order valence-electron chi connectivity index (χ2n) is 10.4. The molecule has 7 heteroatoms. The van der Waals surface area contributed by atoms with E-state index in [2.05, 4.69) is 53.6 Å². The van der Waals surface area contributed by atoms with E-state index in [0.29, 0.717) is 12.2 Å². The van der Waals surface area contributed by atoms with Gasteiger partial charge in [-0.05, 0) is 80.0 Å². The molecule has 198 valence electrons. The number of halogens is 2. The minimum atomic E-state index is 0. The molecule has 1 amide bonds. The number of likely N-dealkylation sites (tertiary alicyclic amines) is 1. The third kappa shape index (κ3) is 4.90. The number of carbonyl (C=O) groups is 1. The highest BCUT2D eigenvalue weighted by atomic mass is 35.5. The molecule has 0 radical (unpaired) electrons. The second kappa shape index (κ2) is 11.0. The van der Waals surface area contributed by atoms with Gasteiger partial charge in [0.15, 0.2) is 5.82 Å². The summed E-state index contributed by atoms with van der Waals surface area (Å²) in [7, 11) is 0. The SMILES string of the molecule is Cc1c(C)n(Cc2cccc(Cl)c2)c2c(N3CCc4ccccc4C3)nc(C(=O)N3CCCCC3)cc12.Cl. The molecule has 0 saturated carbocycles. The summed E-state index contributed by atoms with van der Waals surface area (Å²) < 4.78 is 2.36. The molecular formula is C31H34Cl2N4O. The Hall–Kier alpha value is -3.02. The van der Waals surface area contributed by atoms with E-state index in [1.807, 2.05) is 29.2 Å². The Morgan fingerprint density at radius 3 is 2.47 bits per heavy atom. The molecule has 1 saturated heterocycles. The molecule has 6 rings (SSSR count). The van der Waals surface area contributed by atoms with Crippen LogP contribution in [0.3, 0.4) is 0 Å². The standard InChI is InChI=1S/C31H33ClN4O.ClH/c1-21-22(2)36(19-23-9-8-12-26(32)17-23)29-27(21)18-28(31(37)34-14-6-3-7-15-34)33-30(29)35-16-13-24-10-4-5-11-25(24)20-35;/h4-5,8-12,17-18H,3,6-7,13-16,19-20H2,1-2H3;1H. The molecule has 0 unspecified atom stereocenters. The lowest BCUT2D eigenvalue weighted by Gasteiger charge is -2.31. The molecule has 1 fully saturated rings. The molecule has 0 atom stereocenters. The van der Waals surface area contributed by atoms with E-state index in [4.69, 9.17) is 16.6 Å². The van der Waals surface area contributed by atoms with Crippen LogP contribution in [0.2, 0.25) is 5.02 Å². The average molecular weight is 550 g/mol. The first kappa shape index (κ1) is 26.6. The number of pyridine rings is 1. The van der Waals surface area contributed by atoms with Crippen LogP contribution in [-0.4, -0.2) is 40.0 Å². The van der Waals surface area contributed by atoms with Gasteiger partial charge in [-0.3, -0.25) is 4.79 Å². The Morgan fingerprint density at radius 2 is 1.71 bits per heavy atom. The fourth-order valence-corrected chi connectivity index (χ4v) is 6.14. The molecule has 0 spiro atoms. The van der Waals surface area contributed by atoms with E-state index in [-0.39, 0.29) is 18.3 Å². The summed E-state index contributed by atoms with van der Waals surface area (Å²) in [6.07, 6.45) is 4.30. The second-order valence-corrected chi connectivity index (χ2v) is 10.9. The number of hydrogen-bond donors (Lipinski definition) is 0. The molecule has 2 aliphatic heterocycles. The van der Waals surface area contributed by atoms with Crippen LogP contribution in [0.15, 0.2) is 54.6 Å². The summed E-state index contributed by atoms with van der Waals surface area (Å²) in [5, 5.41) is 1.85. The predicted octanol–water partition coefficient (Wildman–Crippen LogP) is 6.97. The maximum absolute atomic E-state index is 13.6. The highest BCUT2D eigenvalue weighted by Crippen LogP contribution is 2.36. The molecule has 0 N–H and O–H groups in total. The van der Waals surface area contributed by atoms with Crippen molar-refractivity contribution in [3.05, 3.63) is 93.3 Å². The van der Waals surface area contributed by atoms with Gasteiger partial charge in [0.2, 0.25) is 0 Å². The van der Waals surface area contributed by atoms with E-state index in [1.165, 1.54) is 28.8 Å². The third-order valence-electron chi connectivity index (χ3n) is 8.12. The lowest BCUT2D eigenvalue weighted by molar-refractivity contribution is 0.0718. The highest BCUT2D eigenvalue weighted by Gasteiger charge is 2.27. The summed E-state index contributed by atoms with van der Waals surface area (Å²) in [6.45, 7) is 8.34. The van der Waals surface area contributed by atoms with Crippen molar-refractivity contribution in [3.8, 4) is 0 Å². The zero-order chi connectivity index (χ0) is 25.5. The van der Waals surface area contributed by atoms with Gasteiger partial charge in [0, 0.05) is 48.8 Å². The summed E-state index contributed by atoms with van der Waals surface area (Å²) >= 11 is 6.33. The predicted molar refractivity (Wildman–Crippen MR) is 158 cm³/mol. The number of piperidine rings is 1. The minimum absolute atomic E-state index is 0. The number of amides is 1. The van der Waals surface area contributed by atoms with Gasteiger partial charge in [0.05, 0.1) is 5.52 Å². The quantitative estimate of drug-likeness (QED) is 0.276. The van der Waals surface area contributed by atoms with Gasteiger partial charge < -0.3 is 14.4 Å². The molecular weight excluding hydrogens is 515 g/mol. The van der Waals surface area contributed by atoms with Crippen molar-refractivity contribution in [2.45, 2.75) is 52.6 Å². The van der Waals surface area contributed by atoms with Gasteiger partial charge in [-0.15, -0.1) is 12.4 Å². The molecule has 5 nitrogen and oxygen atoms in total. The fraction of sp³-hybridized carbons (Fsp3) is 0.355. The Bertz CT molecular complexity index is 1490. The number of anilines is 1. The maximum Gasteiger partial charge on any atom is 0.272 e. The van der Waals surface area contributed by atoms with Crippen molar-refractivity contribution in [3.63, 3.8) is 0 Å². The average Bonchev–Trinajstić information content (AvgIpc) is 3.17. The smallest absolute Gasteiger partial charge is 0.272 e. The summed E-state index contributed by atoms with van der Waals surface area (Å²) in [6, 6.07) is 18.7. The molecule has 2 aliphatic rings. The number of hydrogen-bond acceptors (Lipinski definition) is 3. The van der Waals surface area contributed by atoms with Crippen LogP contribution in [0.5, 0.6) is 0 Å². The topological polar surface area (TPSA) is 41.4 Å². The van der Waals surface area contributed by atoms with Gasteiger partial charge in [0.1, 0.15) is 5.69 Å². The number of rotatable bonds is 4. The van der Waals surface area contributed by atoms with E-state index < -0.39 is 0 Å². The Labute approximate surface area is 235 Å². The van der Waals surface area contributed by atoms with Crippen LogP contribution in [0.4, 0.5) is 5.82 Å². The number of carbonyl (C=O) groups excluding carboxylic acids is 1. The first-order chi connectivity index (χ1) is 18.0. The zero-order valence-corrected chi connectivity index (χ0v) is 23.6. The van der Waals surface area contributed by atoms with Crippen LogP contribution in [-0.2, 0) is 19.5 Å². The van der Waals surface area contributed by atoms with Crippen LogP contribution in [0.1, 0.15) is 57.7 Å². The number of aromatic nitrogens is 2. The van der Waals surface area contributed by atoms with Crippen molar-refractivity contribution in [1.82, 2.24) is 14.5 Å².